The third kappa shape index (κ3) is 4.56. The molecule has 1 aliphatic rings. The topological polar surface area (TPSA) is 66.2 Å². The average molecular weight is 464 g/mol. The third-order valence-electron chi connectivity index (χ3n) is 5.03. The van der Waals surface area contributed by atoms with Crippen LogP contribution in [0, 0.1) is 0 Å². The van der Waals surface area contributed by atoms with Crippen LogP contribution in [-0.4, -0.2) is 39.5 Å². The second kappa shape index (κ2) is 9.58. The summed E-state index contributed by atoms with van der Waals surface area (Å²) in [6, 6.07) is 19.5. The van der Waals surface area contributed by atoms with Crippen molar-refractivity contribution in [3.8, 4) is 17.2 Å². The van der Waals surface area contributed by atoms with Gasteiger partial charge in [0.15, 0.2) is 22.4 Å². The average Bonchev–Trinajstić information content (AvgIpc) is 3.42. The maximum atomic E-state index is 12.9. The van der Waals surface area contributed by atoms with E-state index in [0.717, 1.165) is 17.9 Å². The first kappa shape index (κ1) is 20.8. The molecule has 0 bridgehead atoms. The van der Waals surface area contributed by atoms with Crippen molar-refractivity contribution in [1.82, 2.24) is 14.8 Å². The first-order valence-electron chi connectivity index (χ1n) is 10.4. The number of benzene rings is 2. The number of Topliss-reactive ketones (excluding diaryl/α,β-unsaturated/α-hetero) is 1. The monoisotopic (exact) mass is 463 g/mol. The number of fused-ring (bicyclic) bond motifs is 1. The molecule has 3 heterocycles. The zero-order chi connectivity index (χ0) is 21.8. The van der Waals surface area contributed by atoms with Gasteiger partial charge in [-0.25, -0.2) is 0 Å². The molecule has 4 aromatic rings. The van der Waals surface area contributed by atoms with E-state index in [2.05, 4.69) is 21.6 Å². The minimum absolute atomic E-state index is 0.00747. The number of ether oxygens (including phenoxy) is 2. The van der Waals surface area contributed by atoms with E-state index in [1.54, 1.807) is 23.5 Å². The summed E-state index contributed by atoms with van der Waals surface area (Å²) in [5.74, 6) is 2.43. The van der Waals surface area contributed by atoms with Crippen LogP contribution < -0.4 is 9.47 Å². The molecule has 8 heteroatoms. The van der Waals surface area contributed by atoms with Crippen molar-refractivity contribution >= 4 is 28.9 Å². The molecule has 0 unspecified atom stereocenters. The lowest BCUT2D eigenvalue weighted by molar-refractivity contribution is 0.102. The van der Waals surface area contributed by atoms with E-state index in [4.69, 9.17) is 9.47 Å². The Morgan fingerprint density at radius 2 is 1.84 bits per heavy atom. The number of carbonyl (C=O) groups excluding carboxylic acids is 1. The van der Waals surface area contributed by atoms with Gasteiger partial charge in [0.05, 0.1) is 19.0 Å². The quantitative estimate of drug-likeness (QED) is 0.282. The minimum Gasteiger partial charge on any atom is -0.490 e. The Balaban J connectivity index is 1.37. The van der Waals surface area contributed by atoms with Gasteiger partial charge in [0.25, 0.3) is 0 Å². The highest BCUT2D eigenvalue weighted by molar-refractivity contribution is 7.99. The summed E-state index contributed by atoms with van der Waals surface area (Å²) in [6.45, 7) is 1.21. The molecule has 5 rings (SSSR count). The van der Waals surface area contributed by atoms with Gasteiger partial charge in [0.2, 0.25) is 0 Å². The van der Waals surface area contributed by atoms with E-state index in [1.807, 2.05) is 47.0 Å². The number of aromatic nitrogens is 3. The maximum absolute atomic E-state index is 12.9. The molecule has 32 heavy (non-hydrogen) atoms. The Labute approximate surface area is 194 Å². The van der Waals surface area contributed by atoms with E-state index in [-0.39, 0.29) is 11.5 Å². The van der Waals surface area contributed by atoms with Crippen LogP contribution in [0.5, 0.6) is 11.5 Å². The Morgan fingerprint density at radius 3 is 2.66 bits per heavy atom. The SMILES string of the molecule is O=C(CSc1nnc(Cc2cccs2)n1-c1ccccc1)c1ccc2c(c1)OCCCO2. The normalized spacial score (nSPS) is 13.0. The maximum Gasteiger partial charge on any atom is 0.196 e. The molecule has 2 aromatic heterocycles. The van der Waals surface area contributed by atoms with Gasteiger partial charge < -0.3 is 9.47 Å². The minimum atomic E-state index is 0.00747. The van der Waals surface area contributed by atoms with E-state index < -0.39 is 0 Å². The summed E-state index contributed by atoms with van der Waals surface area (Å²) in [5.41, 5.74) is 1.58. The van der Waals surface area contributed by atoms with Gasteiger partial charge in [0, 0.05) is 29.0 Å². The number of thioether (sulfide) groups is 1. The van der Waals surface area contributed by atoms with Crippen LogP contribution in [0.2, 0.25) is 0 Å². The summed E-state index contributed by atoms with van der Waals surface area (Å²) in [4.78, 5) is 14.1. The van der Waals surface area contributed by atoms with Crippen molar-refractivity contribution < 1.29 is 14.3 Å². The predicted molar refractivity (Wildman–Crippen MR) is 126 cm³/mol. The fourth-order valence-corrected chi connectivity index (χ4v) is 5.03. The van der Waals surface area contributed by atoms with Crippen LogP contribution >= 0.6 is 23.1 Å². The number of hydrogen-bond donors (Lipinski definition) is 0. The lowest BCUT2D eigenvalue weighted by atomic mass is 10.1. The van der Waals surface area contributed by atoms with Crippen LogP contribution in [0.3, 0.4) is 0 Å². The van der Waals surface area contributed by atoms with Crippen molar-refractivity contribution in [3.63, 3.8) is 0 Å². The highest BCUT2D eigenvalue weighted by Gasteiger charge is 2.18. The first-order valence-corrected chi connectivity index (χ1v) is 12.2. The molecular formula is C24H21N3O3S2. The summed E-state index contributed by atoms with van der Waals surface area (Å²) in [7, 11) is 0. The van der Waals surface area contributed by atoms with Crippen molar-refractivity contribution in [3.05, 3.63) is 82.3 Å². The number of rotatable bonds is 7. The van der Waals surface area contributed by atoms with Crippen LogP contribution in [0.25, 0.3) is 5.69 Å². The number of para-hydroxylation sites is 1. The molecule has 0 spiro atoms. The van der Waals surface area contributed by atoms with E-state index >= 15 is 0 Å². The highest BCUT2D eigenvalue weighted by atomic mass is 32.2. The standard InChI is InChI=1S/C24H21N3O3S2/c28-20(17-9-10-21-22(14-17)30-12-5-11-29-21)16-32-24-26-25-23(15-19-8-4-13-31-19)27(24)18-6-2-1-3-7-18/h1-4,6-10,13-14H,5,11-12,15-16H2. The molecule has 2 aromatic carbocycles. The first-order chi connectivity index (χ1) is 15.8. The van der Waals surface area contributed by atoms with Gasteiger partial charge in [-0.3, -0.25) is 9.36 Å². The molecule has 0 atom stereocenters. The van der Waals surface area contributed by atoms with Crippen molar-refractivity contribution in [2.45, 2.75) is 18.0 Å². The molecule has 1 aliphatic heterocycles. The summed E-state index contributed by atoms with van der Waals surface area (Å²) in [6.07, 6.45) is 1.52. The lowest BCUT2D eigenvalue weighted by Crippen LogP contribution is -2.06. The predicted octanol–water partition coefficient (Wildman–Crippen LogP) is 5.06. The number of hydrogen-bond acceptors (Lipinski definition) is 7. The van der Waals surface area contributed by atoms with Crippen molar-refractivity contribution in [2.24, 2.45) is 0 Å². The van der Waals surface area contributed by atoms with E-state index in [9.17, 15) is 4.79 Å². The lowest BCUT2D eigenvalue weighted by Gasteiger charge is -2.10. The van der Waals surface area contributed by atoms with Crippen molar-refractivity contribution in [1.29, 1.82) is 0 Å². The second-order valence-corrected chi connectivity index (χ2v) is 9.22. The summed E-state index contributed by atoms with van der Waals surface area (Å²) < 4.78 is 13.4. The molecule has 0 fully saturated rings. The largest absolute Gasteiger partial charge is 0.490 e. The zero-order valence-electron chi connectivity index (χ0n) is 17.3. The molecule has 0 saturated heterocycles. The van der Waals surface area contributed by atoms with Crippen LogP contribution in [0.15, 0.2) is 71.2 Å². The number of thiophene rings is 1. The molecule has 0 amide bonds. The van der Waals surface area contributed by atoms with E-state index in [0.29, 0.717) is 41.9 Å². The Bertz CT molecular complexity index is 1210. The van der Waals surface area contributed by atoms with Crippen LogP contribution in [0.1, 0.15) is 27.5 Å². The van der Waals surface area contributed by atoms with Gasteiger partial charge in [-0.2, -0.15) is 0 Å². The van der Waals surface area contributed by atoms with Gasteiger partial charge >= 0.3 is 0 Å². The molecule has 0 N–H and O–H groups in total. The number of nitrogens with zero attached hydrogens (tertiary/aromatic N) is 3. The number of ketones is 1. The summed E-state index contributed by atoms with van der Waals surface area (Å²) in [5, 5.41) is 11.6. The Morgan fingerprint density at radius 1 is 1.00 bits per heavy atom. The van der Waals surface area contributed by atoms with Gasteiger partial charge in [-0.1, -0.05) is 36.0 Å². The smallest absolute Gasteiger partial charge is 0.196 e. The molecular weight excluding hydrogens is 442 g/mol. The number of carbonyl (C=O) groups is 1. The van der Waals surface area contributed by atoms with Crippen molar-refractivity contribution in [2.75, 3.05) is 19.0 Å². The molecule has 0 aliphatic carbocycles. The van der Waals surface area contributed by atoms with Gasteiger partial charge in [0.1, 0.15) is 5.82 Å². The highest BCUT2D eigenvalue weighted by Crippen LogP contribution is 2.31. The Kier molecular flexibility index (Phi) is 6.22. The van der Waals surface area contributed by atoms with Gasteiger partial charge in [-0.15, -0.1) is 21.5 Å². The van der Waals surface area contributed by atoms with Crippen LogP contribution in [0.4, 0.5) is 0 Å². The fraction of sp³-hybridized carbons (Fsp3) is 0.208. The zero-order valence-corrected chi connectivity index (χ0v) is 18.9. The van der Waals surface area contributed by atoms with E-state index in [1.165, 1.54) is 16.6 Å². The molecule has 0 radical (unpaired) electrons. The molecule has 6 nitrogen and oxygen atoms in total. The molecule has 162 valence electrons. The van der Waals surface area contributed by atoms with Gasteiger partial charge in [-0.05, 0) is 41.8 Å². The second-order valence-electron chi connectivity index (χ2n) is 7.25. The fourth-order valence-electron chi connectivity index (χ4n) is 3.46. The summed E-state index contributed by atoms with van der Waals surface area (Å²) >= 11 is 3.09. The molecule has 0 saturated carbocycles. The van der Waals surface area contributed by atoms with Crippen LogP contribution in [-0.2, 0) is 6.42 Å². The Hall–Kier alpha value is -3.10. The third-order valence-corrected chi connectivity index (χ3v) is 6.83.